The Morgan fingerprint density at radius 1 is 1.23 bits per heavy atom. The molecule has 0 saturated carbocycles. The number of piperazine rings is 1. The van der Waals surface area contributed by atoms with Crippen LogP contribution in [0.2, 0.25) is 5.02 Å². The maximum absolute atomic E-state index is 10.4. The first kappa shape index (κ1) is 17.7. The highest BCUT2D eigenvalue weighted by atomic mass is 35.5. The van der Waals surface area contributed by atoms with Gasteiger partial charge < -0.3 is 10.2 Å². The number of aliphatic hydroxyl groups excluding tert-OH is 2. The Bertz CT molecular complexity index is 470. The van der Waals surface area contributed by atoms with Crippen molar-refractivity contribution in [3.05, 3.63) is 34.9 Å². The van der Waals surface area contributed by atoms with Crippen LogP contribution in [-0.4, -0.2) is 64.9 Å². The third-order valence-electron chi connectivity index (χ3n) is 4.35. The van der Waals surface area contributed by atoms with Crippen LogP contribution in [0.4, 0.5) is 0 Å². The zero-order chi connectivity index (χ0) is 16.1. The van der Waals surface area contributed by atoms with Gasteiger partial charge in [-0.15, -0.1) is 0 Å². The van der Waals surface area contributed by atoms with Crippen LogP contribution in [0.25, 0.3) is 0 Å². The van der Waals surface area contributed by atoms with Crippen LogP contribution in [0, 0.1) is 0 Å². The van der Waals surface area contributed by atoms with Crippen LogP contribution in [-0.2, 0) is 0 Å². The molecule has 2 N–H and O–H groups in total. The fourth-order valence-corrected chi connectivity index (χ4v) is 3.44. The first-order valence-corrected chi connectivity index (χ1v) is 8.46. The second-order valence-electron chi connectivity index (χ2n) is 6.20. The number of β-amino-alcohol motifs (C(OH)–C–C–N with tert-alkyl or cyclic N) is 2. The summed E-state index contributed by atoms with van der Waals surface area (Å²) in [6, 6.07) is 7.91. The van der Waals surface area contributed by atoms with E-state index in [0.717, 1.165) is 38.2 Å². The third-order valence-corrected chi connectivity index (χ3v) is 4.70. The van der Waals surface area contributed by atoms with Gasteiger partial charge in [-0.2, -0.15) is 0 Å². The Morgan fingerprint density at radius 2 is 1.95 bits per heavy atom. The molecule has 4 nitrogen and oxygen atoms in total. The Balaban J connectivity index is 1.93. The summed E-state index contributed by atoms with van der Waals surface area (Å²) in [6.45, 7) is 8.09. The molecule has 0 unspecified atom stereocenters. The zero-order valence-corrected chi connectivity index (χ0v) is 14.2. The van der Waals surface area contributed by atoms with Crippen molar-refractivity contribution in [2.24, 2.45) is 0 Å². The van der Waals surface area contributed by atoms with E-state index in [-0.39, 0.29) is 6.10 Å². The van der Waals surface area contributed by atoms with Gasteiger partial charge in [0.15, 0.2) is 0 Å². The molecule has 0 bridgehead atoms. The number of aliphatic hydroxyl groups is 2. The van der Waals surface area contributed by atoms with E-state index in [1.54, 1.807) is 0 Å². The van der Waals surface area contributed by atoms with Crippen LogP contribution in [0.5, 0.6) is 0 Å². The predicted molar refractivity (Wildman–Crippen MR) is 90.2 cm³/mol. The standard InChI is InChI=1S/C17H27ClN2O2/c1-3-14-11-19(8-9-20(14)10-13(2)21)12-17(22)15-6-4-5-7-16(15)18/h4-7,13-14,17,21-22H,3,8-12H2,1-2H3/t13-,14-,17-/m1/s1. The number of benzene rings is 1. The van der Waals surface area contributed by atoms with Gasteiger partial charge in [-0.1, -0.05) is 36.7 Å². The molecule has 1 saturated heterocycles. The van der Waals surface area contributed by atoms with Crippen molar-refractivity contribution in [2.45, 2.75) is 38.5 Å². The predicted octanol–water partition coefficient (Wildman–Crippen LogP) is 2.15. The van der Waals surface area contributed by atoms with Crippen molar-refractivity contribution in [1.82, 2.24) is 9.80 Å². The molecule has 1 fully saturated rings. The minimum absolute atomic E-state index is 0.297. The first-order valence-electron chi connectivity index (χ1n) is 8.08. The monoisotopic (exact) mass is 326 g/mol. The molecule has 1 aliphatic heterocycles. The normalized spacial score (nSPS) is 23.4. The Morgan fingerprint density at radius 3 is 2.59 bits per heavy atom. The van der Waals surface area contributed by atoms with Crippen LogP contribution >= 0.6 is 11.6 Å². The molecule has 0 spiro atoms. The minimum Gasteiger partial charge on any atom is -0.392 e. The SMILES string of the molecule is CC[C@@H]1CN(C[C@@H](O)c2ccccc2Cl)CCN1C[C@@H](C)O. The highest BCUT2D eigenvalue weighted by Gasteiger charge is 2.27. The first-order chi connectivity index (χ1) is 10.5. The fourth-order valence-electron chi connectivity index (χ4n) is 3.18. The molecule has 1 aromatic carbocycles. The van der Waals surface area contributed by atoms with Crippen molar-refractivity contribution in [3.63, 3.8) is 0 Å². The summed E-state index contributed by atoms with van der Waals surface area (Å²) < 4.78 is 0. The second-order valence-corrected chi connectivity index (χ2v) is 6.61. The fraction of sp³-hybridized carbons (Fsp3) is 0.647. The van der Waals surface area contributed by atoms with Crippen LogP contribution in [0.3, 0.4) is 0 Å². The van der Waals surface area contributed by atoms with Crippen molar-refractivity contribution in [1.29, 1.82) is 0 Å². The molecule has 1 heterocycles. The molecule has 2 rings (SSSR count). The lowest BCUT2D eigenvalue weighted by atomic mass is 10.1. The highest BCUT2D eigenvalue weighted by molar-refractivity contribution is 6.31. The van der Waals surface area contributed by atoms with Gasteiger partial charge in [0.25, 0.3) is 0 Å². The summed E-state index contributed by atoms with van der Waals surface area (Å²) in [6.07, 6.45) is 0.189. The van der Waals surface area contributed by atoms with Crippen molar-refractivity contribution in [3.8, 4) is 0 Å². The molecule has 1 aliphatic rings. The Kier molecular flexibility index (Phi) is 6.66. The van der Waals surface area contributed by atoms with Gasteiger partial charge in [-0.05, 0) is 19.4 Å². The topological polar surface area (TPSA) is 46.9 Å². The average Bonchev–Trinajstić information content (AvgIpc) is 2.48. The van der Waals surface area contributed by atoms with E-state index in [2.05, 4.69) is 16.7 Å². The van der Waals surface area contributed by atoms with Crippen molar-refractivity contribution < 1.29 is 10.2 Å². The van der Waals surface area contributed by atoms with Gasteiger partial charge in [0.05, 0.1) is 12.2 Å². The quantitative estimate of drug-likeness (QED) is 0.841. The highest BCUT2D eigenvalue weighted by Crippen LogP contribution is 2.24. The van der Waals surface area contributed by atoms with E-state index in [4.69, 9.17) is 11.6 Å². The second kappa shape index (κ2) is 8.27. The number of nitrogens with zero attached hydrogens (tertiary/aromatic N) is 2. The summed E-state index contributed by atoms with van der Waals surface area (Å²) in [7, 11) is 0. The number of hydrogen-bond donors (Lipinski definition) is 2. The summed E-state index contributed by atoms with van der Waals surface area (Å²) in [5.41, 5.74) is 0.795. The smallest absolute Gasteiger partial charge is 0.0931 e. The molecular weight excluding hydrogens is 300 g/mol. The molecule has 22 heavy (non-hydrogen) atoms. The van der Waals surface area contributed by atoms with Gasteiger partial charge in [-0.25, -0.2) is 0 Å². The summed E-state index contributed by atoms with van der Waals surface area (Å²) in [4.78, 5) is 4.64. The molecule has 0 amide bonds. The molecule has 3 atom stereocenters. The van der Waals surface area contributed by atoms with Crippen LogP contribution in [0.1, 0.15) is 31.9 Å². The molecule has 5 heteroatoms. The lowest BCUT2D eigenvalue weighted by Crippen LogP contribution is -2.55. The molecule has 0 radical (unpaired) electrons. The van der Waals surface area contributed by atoms with Gasteiger partial charge in [-0.3, -0.25) is 9.80 Å². The van der Waals surface area contributed by atoms with Crippen LogP contribution < -0.4 is 0 Å². The lowest BCUT2D eigenvalue weighted by molar-refractivity contribution is 0.0171. The van der Waals surface area contributed by atoms with E-state index >= 15 is 0 Å². The molecule has 1 aromatic rings. The van der Waals surface area contributed by atoms with Gasteiger partial charge in [0.1, 0.15) is 0 Å². The number of rotatable bonds is 6. The lowest BCUT2D eigenvalue weighted by Gasteiger charge is -2.42. The van der Waals surface area contributed by atoms with E-state index in [1.165, 1.54) is 0 Å². The number of halogens is 1. The maximum atomic E-state index is 10.4. The van der Waals surface area contributed by atoms with Gasteiger partial charge >= 0.3 is 0 Å². The Hall–Kier alpha value is -0.650. The number of hydrogen-bond acceptors (Lipinski definition) is 4. The van der Waals surface area contributed by atoms with E-state index in [1.807, 2.05) is 31.2 Å². The zero-order valence-electron chi connectivity index (χ0n) is 13.5. The average molecular weight is 327 g/mol. The largest absolute Gasteiger partial charge is 0.392 e. The molecule has 124 valence electrons. The van der Waals surface area contributed by atoms with E-state index < -0.39 is 6.10 Å². The minimum atomic E-state index is -0.561. The van der Waals surface area contributed by atoms with Gasteiger partial charge in [0.2, 0.25) is 0 Å². The van der Waals surface area contributed by atoms with Crippen molar-refractivity contribution in [2.75, 3.05) is 32.7 Å². The van der Waals surface area contributed by atoms with Crippen LogP contribution in [0.15, 0.2) is 24.3 Å². The Labute approximate surface area is 138 Å². The van der Waals surface area contributed by atoms with Gasteiger partial charge in [0, 0.05) is 49.4 Å². The van der Waals surface area contributed by atoms with Crippen molar-refractivity contribution >= 4 is 11.6 Å². The third kappa shape index (κ3) is 4.67. The molecule has 0 aromatic heterocycles. The summed E-state index contributed by atoms with van der Waals surface area (Å²) in [5.74, 6) is 0. The molecular formula is C17H27ClN2O2. The molecule has 0 aliphatic carbocycles. The summed E-state index contributed by atoms with van der Waals surface area (Å²) in [5, 5.41) is 20.7. The summed E-state index contributed by atoms with van der Waals surface area (Å²) >= 11 is 6.16. The van der Waals surface area contributed by atoms with E-state index in [0.29, 0.717) is 17.6 Å². The maximum Gasteiger partial charge on any atom is 0.0931 e. The van der Waals surface area contributed by atoms with E-state index in [9.17, 15) is 10.2 Å².